The number of hydrogen-bond donors (Lipinski definition) is 2. The van der Waals surface area contributed by atoms with Crippen LogP contribution in [0.3, 0.4) is 0 Å². The lowest BCUT2D eigenvalue weighted by molar-refractivity contribution is 0.243. The molecule has 0 aliphatic heterocycles. The van der Waals surface area contributed by atoms with E-state index >= 15 is 0 Å². The fourth-order valence-corrected chi connectivity index (χ4v) is 2.80. The zero-order valence-corrected chi connectivity index (χ0v) is 13.3. The molecule has 0 aliphatic carbocycles. The second-order valence-electron chi connectivity index (χ2n) is 5.95. The van der Waals surface area contributed by atoms with Gasteiger partial charge in [0.15, 0.2) is 9.84 Å². The Morgan fingerprint density at radius 2 is 1.80 bits per heavy atom. The minimum atomic E-state index is -3.12. The van der Waals surface area contributed by atoms with Crippen molar-refractivity contribution >= 4 is 9.84 Å². The average molecular weight is 299 g/mol. The molecule has 0 amide bonds. The van der Waals surface area contributed by atoms with Crippen molar-refractivity contribution in [3.05, 3.63) is 35.9 Å². The maximum absolute atomic E-state index is 12.0. The van der Waals surface area contributed by atoms with Crippen molar-refractivity contribution in [3.63, 3.8) is 0 Å². The van der Waals surface area contributed by atoms with E-state index in [-0.39, 0.29) is 18.4 Å². The number of sulfone groups is 1. The topological polar surface area (TPSA) is 66.4 Å². The second kappa shape index (κ2) is 7.20. The van der Waals surface area contributed by atoms with E-state index in [0.717, 1.165) is 5.56 Å². The van der Waals surface area contributed by atoms with E-state index in [0.29, 0.717) is 13.0 Å². The molecule has 0 spiro atoms. The van der Waals surface area contributed by atoms with Gasteiger partial charge in [-0.15, -0.1) is 0 Å². The summed E-state index contributed by atoms with van der Waals surface area (Å²) in [6.07, 6.45) is 0.687. The van der Waals surface area contributed by atoms with E-state index < -0.39 is 14.6 Å². The van der Waals surface area contributed by atoms with Crippen LogP contribution in [0.1, 0.15) is 26.3 Å². The van der Waals surface area contributed by atoms with E-state index in [9.17, 15) is 13.5 Å². The fraction of sp³-hybridized carbons (Fsp3) is 0.600. The molecule has 0 radical (unpaired) electrons. The van der Waals surface area contributed by atoms with Gasteiger partial charge in [-0.05, 0) is 32.8 Å². The third kappa shape index (κ3) is 5.23. The normalized spacial score (nSPS) is 14.2. The summed E-state index contributed by atoms with van der Waals surface area (Å²) in [6, 6.07) is 9.72. The maximum atomic E-state index is 12.0. The summed E-state index contributed by atoms with van der Waals surface area (Å²) in [5, 5.41) is 12.5. The van der Waals surface area contributed by atoms with Crippen LogP contribution in [0.2, 0.25) is 0 Å². The standard InChI is InChI=1S/C15H25NO3S/c1-15(2,3)20(18,19)10-9-16-14(12-17)11-13-7-5-4-6-8-13/h4-8,14,16-17H,9-12H2,1-3H3. The molecule has 1 aromatic rings. The van der Waals surface area contributed by atoms with E-state index in [1.54, 1.807) is 20.8 Å². The first-order valence-corrected chi connectivity index (χ1v) is 8.52. The number of aliphatic hydroxyl groups excluding tert-OH is 1. The van der Waals surface area contributed by atoms with Gasteiger partial charge < -0.3 is 10.4 Å². The van der Waals surface area contributed by atoms with Crippen molar-refractivity contribution in [3.8, 4) is 0 Å². The summed E-state index contributed by atoms with van der Waals surface area (Å²) in [5.41, 5.74) is 1.12. The van der Waals surface area contributed by atoms with Crippen LogP contribution < -0.4 is 5.32 Å². The molecule has 0 aromatic heterocycles. The van der Waals surface area contributed by atoms with Crippen LogP contribution in [0.5, 0.6) is 0 Å². The van der Waals surface area contributed by atoms with Crippen LogP contribution in [-0.4, -0.2) is 43.2 Å². The van der Waals surface area contributed by atoms with Gasteiger partial charge in [-0.3, -0.25) is 0 Å². The Bertz CT molecular complexity index is 492. The molecular weight excluding hydrogens is 274 g/mol. The molecule has 20 heavy (non-hydrogen) atoms. The van der Waals surface area contributed by atoms with Gasteiger partial charge in [-0.2, -0.15) is 0 Å². The summed E-state index contributed by atoms with van der Waals surface area (Å²) >= 11 is 0. The minimum Gasteiger partial charge on any atom is -0.395 e. The number of rotatable bonds is 7. The molecule has 5 heteroatoms. The predicted octanol–water partition coefficient (Wildman–Crippen LogP) is 1.39. The Morgan fingerprint density at radius 3 is 2.30 bits per heavy atom. The highest BCUT2D eigenvalue weighted by Gasteiger charge is 2.28. The fourth-order valence-electron chi connectivity index (χ4n) is 1.80. The number of benzene rings is 1. The van der Waals surface area contributed by atoms with Crippen LogP contribution in [-0.2, 0) is 16.3 Å². The lowest BCUT2D eigenvalue weighted by atomic mass is 10.1. The summed E-state index contributed by atoms with van der Waals surface area (Å²) in [5.74, 6) is 0.0851. The SMILES string of the molecule is CC(C)(C)S(=O)(=O)CCNC(CO)Cc1ccccc1. The monoisotopic (exact) mass is 299 g/mol. The molecule has 2 N–H and O–H groups in total. The molecule has 0 saturated heterocycles. The molecule has 1 unspecified atom stereocenters. The lowest BCUT2D eigenvalue weighted by Gasteiger charge is -2.21. The van der Waals surface area contributed by atoms with E-state index in [4.69, 9.17) is 0 Å². The van der Waals surface area contributed by atoms with Crippen molar-refractivity contribution in [1.82, 2.24) is 5.32 Å². The summed E-state index contributed by atoms with van der Waals surface area (Å²) in [7, 11) is -3.12. The Labute approximate surface area is 122 Å². The number of nitrogens with one attached hydrogen (secondary N) is 1. The summed E-state index contributed by atoms with van der Waals surface area (Å²) < 4.78 is 23.2. The second-order valence-corrected chi connectivity index (χ2v) is 8.82. The van der Waals surface area contributed by atoms with Gasteiger partial charge >= 0.3 is 0 Å². The number of aliphatic hydroxyl groups is 1. The third-order valence-corrected chi connectivity index (χ3v) is 5.89. The molecule has 0 heterocycles. The van der Waals surface area contributed by atoms with E-state index in [1.807, 2.05) is 30.3 Å². The molecule has 1 rings (SSSR count). The Hall–Kier alpha value is -0.910. The van der Waals surface area contributed by atoms with E-state index in [1.165, 1.54) is 0 Å². The molecular formula is C15H25NO3S. The quantitative estimate of drug-likeness (QED) is 0.798. The van der Waals surface area contributed by atoms with Gasteiger partial charge in [0.2, 0.25) is 0 Å². The summed E-state index contributed by atoms with van der Waals surface area (Å²) in [4.78, 5) is 0. The van der Waals surface area contributed by atoms with Crippen LogP contribution in [0.25, 0.3) is 0 Å². The van der Waals surface area contributed by atoms with Gasteiger partial charge in [0, 0.05) is 12.6 Å². The van der Waals surface area contributed by atoms with Gasteiger partial charge in [0.05, 0.1) is 17.1 Å². The molecule has 0 saturated carbocycles. The van der Waals surface area contributed by atoms with Gasteiger partial charge in [0.25, 0.3) is 0 Å². The first-order chi connectivity index (χ1) is 9.26. The molecule has 0 bridgehead atoms. The van der Waals surface area contributed by atoms with E-state index in [2.05, 4.69) is 5.32 Å². The van der Waals surface area contributed by atoms with Crippen molar-refractivity contribution in [2.45, 2.75) is 38.0 Å². The molecule has 114 valence electrons. The largest absolute Gasteiger partial charge is 0.395 e. The zero-order valence-electron chi connectivity index (χ0n) is 12.5. The molecule has 0 fully saturated rings. The summed E-state index contributed by atoms with van der Waals surface area (Å²) in [6.45, 7) is 5.46. The Kier molecular flexibility index (Phi) is 6.17. The average Bonchev–Trinajstić information content (AvgIpc) is 2.37. The van der Waals surface area contributed by atoms with Crippen LogP contribution in [0.15, 0.2) is 30.3 Å². The highest BCUT2D eigenvalue weighted by atomic mass is 32.2. The van der Waals surface area contributed by atoms with Crippen LogP contribution >= 0.6 is 0 Å². The molecule has 1 aromatic carbocycles. The van der Waals surface area contributed by atoms with Gasteiger partial charge in [-0.1, -0.05) is 30.3 Å². The smallest absolute Gasteiger partial charge is 0.156 e. The number of hydrogen-bond acceptors (Lipinski definition) is 4. The minimum absolute atomic E-state index is 0.00946. The van der Waals surface area contributed by atoms with Crippen molar-refractivity contribution < 1.29 is 13.5 Å². The maximum Gasteiger partial charge on any atom is 0.156 e. The van der Waals surface area contributed by atoms with Crippen LogP contribution in [0.4, 0.5) is 0 Å². The first kappa shape index (κ1) is 17.1. The molecule has 0 aliphatic rings. The van der Waals surface area contributed by atoms with Crippen LogP contribution in [0, 0.1) is 0 Å². The zero-order chi connectivity index (χ0) is 15.2. The lowest BCUT2D eigenvalue weighted by Crippen LogP contribution is -2.40. The Morgan fingerprint density at radius 1 is 1.20 bits per heavy atom. The molecule has 1 atom stereocenters. The van der Waals surface area contributed by atoms with Gasteiger partial charge in [-0.25, -0.2) is 8.42 Å². The van der Waals surface area contributed by atoms with Gasteiger partial charge in [0.1, 0.15) is 0 Å². The third-order valence-electron chi connectivity index (χ3n) is 3.28. The first-order valence-electron chi connectivity index (χ1n) is 6.87. The van der Waals surface area contributed by atoms with Crippen molar-refractivity contribution in [2.75, 3.05) is 18.9 Å². The highest BCUT2D eigenvalue weighted by molar-refractivity contribution is 7.92. The predicted molar refractivity (Wildman–Crippen MR) is 82.6 cm³/mol. The molecule has 4 nitrogen and oxygen atoms in total. The Balaban J connectivity index is 2.47. The van der Waals surface area contributed by atoms with Crippen molar-refractivity contribution in [2.24, 2.45) is 0 Å². The highest BCUT2D eigenvalue weighted by Crippen LogP contribution is 2.15. The van der Waals surface area contributed by atoms with Crippen molar-refractivity contribution in [1.29, 1.82) is 0 Å².